The summed E-state index contributed by atoms with van der Waals surface area (Å²) >= 11 is 5.79. The first-order chi connectivity index (χ1) is 8.09. The van der Waals surface area contributed by atoms with Gasteiger partial charge in [-0.25, -0.2) is 4.98 Å². The summed E-state index contributed by atoms with van der Waals surface area (Å²) in [5.74, 6) is 0.850. The van der Waals surface area contributed by atoms with Gasteiger partial charge in [0.15, 0.2) is 17.5 Å². The SMILES string of the molecule is CC(C)CCNC(=O)COc1cccnc1Cl. The van der Waals surface area contributed by atoms with Gasteiger partial charge in [0.1, 0.15) is 0 Å². The summed E-state index contributed by atoms with van der Waals surface area (Å²) in [5, 5.41) is 3.04. The number of amides is 1. The molecule has 5 heteroatoms. The summed E-state index contributed by atoms with van der Waals surface area (Å²) in [7, 11) is 0. The van der Waals surface area contributed by atoms with E-state index in [4.69, 9.17) is 16.3 Å². The largest absolute Gasteiger partial charge is 0.481 e. The molecule has 1 aromatic rings. The molecule has 0 saturated carbocycles. The lowest BCUT2D eigenvalue weighted by molar-refractivity contribution is -0.123. The van der Waals surface area contributed by atoms with Gasteiger partial charge in [-0.1, -0.05) is 25.4 Å². The van der Waals surface area contributed by atoms with E-state index < -0.39 is 0 Å². The van der Waals surface area contributed by atoms with E-state index in [-0.39, 0.29) is 17.7 Å². The predicted octanol–water partition coefficient (Wildman–Crippen LogP) is 2.28. The fourth-order valence-electron chi connectivity index (χ4n) is 1.17. The van der Waals surface area contributed by atoms with Crippen molar-refractivity contribution in [3.63, 3.8) is 0 Å². The number of hydrogen-bond donors (Lipinski definition) is 1. The van der Waals surface area contributed by atoms with E-state index in [1.165, 1.54) is 0 Å². The summed E-state index contributed by atoms with van der Waals surface area (Å²) in [4.78, 5) is 15.3. The molecule has 0 bridgehead atoms. The molecule has 0 fully saturated rings. The molecule has 0 aliphatic rings. The quantitative estimate of drug-likeness (QED) is 0.795. The summed E-state index contributed by atoms with van der Waals surface area (Å²) in [5.41, 5.74) is 0. The highest BCUT2D eigenvalue weighted by atomic mass is 35.5. The van der Waals surface area contributed by atoms with Gasteiger partial charge < -0.3 is 10.1 Å². The second-order valence-corrected chi connectivity index (χ2v) is 4.47. The van der Waals surface area contributed by atoms with Gasteiger partial charge in [-0.05, 0) is 24.5 Å². The van der Waals surface area contributed by atoms with E-state index in [0.717, 1.165) is 6.42 Å². The van der Waals surface area contributed by atoms with Gasteiger partial charge >= 0.3 is 0 Å². The summed E-state index contributed by atoms with van der Waals surface area (Å²) in [6.07, 6.45) is 2.53. The number of nitrogens with one attached hydrogen (secondary N) is 1. The normalized spacial score (nSPS) is 10.4. The molecule has 0 atom stereocenters. The van der Waals surface area contributed by atoms with Crippen LogP contribution in [0, 0.1) is 5.92 Å². The van der Waals surface area contributed by atoms with Crippen molar-refractivity contribution in [1.29, 1.82) is 0 Å². The third-order valence-electron chi connectivity index (χ3n) is 2.13. The number of carbonyl (C=O) groups excluding carboxylic acids is 1. The Bertz CT molecular complexity index is 369. The van der Waals surface area contributed by atoms with Crippen LogP contribution in [0.1, 0.15) is 20.3 Å². The number of ether oxygens (including phenoxy) is 1. The maximum atomic E-state index is 11.4. The van der Waals surface area contributed by atoms with E-state index in [1.54, 1.807) is 18.3 Å². The van der Waals surface area contributed by atoms with Gasteiger partial charge in [0, 0.05) is 12.7 Å². The van der Waals surface area contributed by atoms with Crippen molar-refractivity contribution in [2.75, 3.05) is 13.2 Å². The van der Waals surface area contributed by atoms with E-state index in [2.05, 4.69) is 24.1 Å². The van der Waals surface area contributed by atoms with Crippen LogP contribution in [0.4, 0.5) is 0 Å². The van der Waals surface area contributed by atoms with E-state index in [0.29, 0.717) is 18.2 Å². The van der Waals surface area contributed by atoms with Crippen LogP contribution in [0.3, 0.4) is 0 Å². The van der Waals surface area contributed by atoms with Crippen LogP contribution in [0.2, 0.25) is 5.15 Å². The van der Waals surface area contributed by atoms with Gasteiger partial charge in [0.05, 0.1) is 0 Å². The lowest BCUT2D eigenvalue weighted by atomic mass is 10.1. The average Bonchev–Trinajstić information content (AvgIpc) is 2.27. The minimum atomic E-state index is -0.148. The van der Waals surface area contributed by atoms with Crippen LogP contribution in [-0.2, 0) is 4.79 Å². The standard InChI is InChI=1S/C12H17ClN2O2/c1-9(2)5-7-14-11(16)8-17-10-4-3-6-15-12(10)13/h3-4,6,9H,5,7-8H2,1-2H3,(H,14,16). The molecule has 1 heterocycles. The lowest BCUT2D eigenvalue weighted by Gasteiger charge is -2.09. The minimum absolute atomic E-state index is 0.0382. The maximum absolute atomic E-state index is 11.4. The first kappa shape index (κ1) is 13.8. The molecule has 1 N–H and O–H groups in total. The number of hydrogen-bond acceptors (Lipinski definition) is 3. The monoisotopic (exact) mass is 256 g/mol. The third-order valence-corrected chi connectivity index (χ3v) is 2.41. The number of aromatic nitrogens is 1. The fourth-order valence-corrected chi connectivity index (χ4v) is 1.35. The second kappa shape index (κ2) is 7.12. The Balaban J connectivity index is 2.26. The predicted molar refractivity (Wildman–Crippen MR) is 67.2 cm³/mol. The van der Waals surface area contributed by atoms with E-state index >= 15 is 0 Å². The molecule has 1 aromatic heterocycles. The minimum Gasteiger partial charge on any atom is -0.481 e. The molecule has 0 radical (unpaired) electrons. The molecule has 17 heavy (non-hydrogen) atoms. The Morgan fingerprint density at radius 2 is 2.35 bits per heavy atom. The topological polar surface area (TPSA) is 51.2 Å². The zero-order valence-electron chi connectivity index (χ0n) is 10.1. The highest BCUT2D eigenvalue weighted by Crippen LogP contribution is 2.19. The van der Waals surface area contributed by atoms with E-state index in [9.17, 15) is 4.79 Å². The van der Waals surface area contributed by atoms with Crippen molar-refractivity contribution in [2.45, 2.75) is 20.3 Å². The average molecular weight is 257 g/mol. The highest BCUT2D eigenvalue weighted by Gasteiger charge is 2.05. The molecule has 0 spiro atoms. The van der Waals surface area contributed by atoms with Crippen molar-refractivity contribution in [3.05, 3.63) is 23.5 Å². The van der Waals surface area contributed by atoms with Crippen LogP contribution in [0.15, 0.2) is 18.3 Å². The van der Waals surface area contributed by atoms with Crippen LogP contribution in [0.25, 0.3) is 0 Å². The highest BCUT2D eigenvalue weighted by molar-refractivity contribution is 6.30. The molecule has 0 aromatic carbocycles. The first-order valence-corrected chi connectivity index (χ1v) is 5.97. The first-order valence-electron chi connectivity index (χ1n) is 5.59. The molecule has 94 valence electrons. The molecule has 1 rings (SSSR count). The van der Waals surface area contributed by atoms with Crippen molar-refractivity contribution in [2.24, 2.45) is 5.92 Å². The van der Waals surface area contributed by atoms with Crippen LogP contribution < -0.4 is 10.1 Å². The lowest BCUT2D eigenvalue weighted by Crippen LogP contribution is -2.30. The number of nitrogens with zero attached hydrogens (tertiary/aromatic N) is 1. The third kappa shape index (κ3) is 5.54. The number of pyridine rings is 1. The number of carbonyl (C=O) groups is 1. The Kier molecular flexibility index (Phi) is 5.77. The molecular weight excluding hydrogens is 240 g/mol. The van der Waals surface area contributed by atoms with Crippen molar-refractivity contribution >= 4 is 17.5 Å². The fraction of sp³-hybridized carbons (Fsp3) is 0.500. The van der Waals surface area contributed by atoms with Crippen molar-refractivity contribution in [1.82, 2.24) is 10.3 Å². The summed E-state index contributed by atoms with van der Waals surface area (Å²) < 4.78 is 5.25. The zero-order valence-corrected chi connectivity index (χ0v) is 10.8. The van der Waals surface area contributed by atoms with Crippen molar-refractivity contribution < 1.29 is 9.53 Å². The Hall–Kier alpha value is -1.29. The van der Waals surface area contributed by atoms with E-state index in [1.807, 2.05) is 0 Å². The van der Waals surface area contributed by atoms with Gasteiger partial charge in [0.2, 0.25) is 0 Å². The van der Waals surface area contributed by atoms with Gasteiger partial charge in [0.25, 0.3) is 5.91 Å². The van der Waals surface area contributed by atoms with Gasteiger partial charge in [-0.3, -0.25) is 4.79 Å². The van der Waals surface area contributed by atoms with Crippen LogP contribution in [-0.4, -0.2) is 24.0 Å². The molecule has 0 aliphatic heterocycles. The second-order valence-electron chi connectivity index (χ2n) is 4.11. The Morgan fingerprint density at radius 3 is 3.00 bits per heavy atom. The molecular formula is C12H17ClN2O2. The van der Waals surface area contributed by atoms with Crippen LogP contribution >= 0.6 is 11.6 Å². The summed E-state index contributed by atoms with van der Waals surface area (Å²) in [6.45, 7) is 4.85. The Labute approximate surface area is 106 Å². The molecule has 0 aliphatic carbocycles. The van der Waals surface area contributed by atoms with Crippen LogP contribution in [0.5, 0.6) is 5.75 Å². The van der Waals surface area contributed by atoms with Gasteiger partial charge in [-0.15, -0.1) is 0 Å². The van der Waals surface area contributed by atoms with Crippen molar-refractivity contribution in [3.8, 4) is 5.75 Å². The molecule has 0 unspecified atom stereocenters. The number of halogens is 1. The summed E-state index contributed by atoms with van der Waals surface area (Å²) in [6, 6.07) is 3.38. The number of rotatable bonds is 6. The molecule has 0 saturated heterocycles. The molecule has 1 amide bonds. The Morgan fingerprint density at radius 1 is 1.59 bits per heavy atom. The van der Waals surface area contributed by atoms with Gasteiger partial charge in [-0.2, -0.15) is 0 Å². The smallest absolute Gasteiger partial charge is 0.257 e. The zero-order chi connectivity index (χ0) is 12.7. The maximum Gasteiger partial charge on any atom is 0.257 e. The molecule has 4 nitrogen and oxygen atoms in total.